The molecule has 2 saturated carbocycles. The summed E-state index contributed by atoms with van der Waals surface area (Å²) in [5, 5.41) is 14.5. The van der Waals surface area contributed by atoms with Crippen LogP contribution in [0.5, 0.6) is 0 Å². The lowest BCUT2D eigenvalue weighted by Crippen LogP contribution is -2.46. The minimum atomic E-state index is -0.809. The van der Waals surface area contributed by atoms with E-state index in [0.29, 0.717) is 30.0 Å². The zero-order valence-corrected chi connectivity index (χ0v) is 12.0. The van der Waals surface area contributed by atoms with E-state index in [-0.39, 0.29) is 23.8 Å². The monoisotopic (exact) mass is 302 g/mol. The molecule has 0 heterocycles. The van der Waals surface area contributed by atoms with Crippen molar-refractivity contribution in [1.82, 2.24) is 10.6 Å². The van der Waals surface area contributed by atoms with E-state index < -0.39 is 5.97 Å². The third kappa shape index (κ3) is 3.27. The summed E-state index contributed by atoms with van der Waals surface area (Å²) in [4.78, 5) is 34.6. The lowest BCUT2D eigenvalue weighted by atomic mass is 9.80. The van der Waals surface area contributed by atoms with Crippen molar-refractivity contribution in [2.24, 2.45) is 5.92 Å². The molecular formula is C16H18N2O4. The van der Waals surface area contributed by atoms with E-state index in [2.05, 4.69) is 10.6 Å². The highest BCUT2D eigenvalue weighted by molar-refractivity contribution is 5.98. The Morgan fingerprint density at radius 3 is 1.73 bits per heavy atom. The molecule has 0 saturated heterocycles. The van der Waals surface area contributed by atoms with Crippen LogP contribution in [-0.4, -0.2) is 35.0 Å². The molecule has 0 spiro atoms. The second-order valence-electron chi connectivity index (χ2n) is 6.00. The molecule has 0 unspecified atom stereocenters. The number of nitrogens with one attached hydrogen (secondary N) is 2. The second kappa shape index (κ2) is 5.79. The molecule has 6 heteroatoms. The van der Waals surface area contributed by atoms with Crippen molar-refractivity contribution in [3.05, 3.63) is 35.4 Å². The normalized spacial score (nSPS) is 23.3. The molecular weight excluding hydrogens is 284 g/mol. The van der Waals surface area contributed by atoms with Crippen molar-refractivity contribution in [1.29, 1.82) is 0 Å². The molecule has 22 heavy (non-hydrogen) atoms. The van der Waals surface area contributed by atoms with Crippen molar-refractivity contribution in [2.75, 3.05) is 0 Å². The van der Waals surface area contributed by atoms with Crippen LogP contribution in [0.1, 0.15) is 46.4 Å². The highest BCUT2D eigenvalue weighted by Crippen LogP contribution is 2.27. The van der Waals surface area contributed by atoms with Gasteiger partial charge in [0, 0.05) is 23.2 Å². The predicted octanol–water partition coefficient (Wildman–Crippen LogP) is 1.17. The van der Waals surface area contributed by atoms with Crippen molar-refractivity contribution in [3.63, 3.8) is 0 Å². The van der Waals surface area contributed by atoms with Crippen LogP contribution in [0.25, 0.3) is 0 Å². The Morgan fingerprint density at radius 1 is 0.864 bits per heavy atom. The van der Waals surface area contributed by atoms with Crippen LogP contribution in [0.3, 0.4) is 0 Å². The minimum Gasteiger partial charge on any atom is -0.481 e. The number of aliphatic carboxylic acids is 1. The molecule has 1 aromatic carbocycles. The van der Waals surface area contributed by atoms with Gasteiger partial charge in [-0.25, -0.2) is 0 Å². The van der Waals surface area contributed by atoms with Gasteiger partial charge in [0.2, 0.25) is 0 Å². The van der Waals surface area contributed by atoms with Gasteiger partial charge >= 0.3 is 5.97 Å². The molecule has 2 aliphatic carbocycles. The average molecular weight is 302 g/mol. The van der Waals surface area contributed by atoms with Crippen LogP contribution in [-0.2, 0) is 4.79 Å². The SMILES string of the molecule is O=C(NC1CC1)c1ccc(C(=O)NC2CC(C(=O)O)C2)cc1. The van der Waals surface area contributed by atoms with Crippen LogP contribution >= 0.6 is 0 Å². The van der Waals surface area contributed by atoms with Gasteiger partial charge in [0.25, 0.3) is 11.8 Å². The number of carbonyl (C=O) groups excluding carboxylic acids is 2. The lowest BCUT2D eigenvalue weighted by molar-refractivity contribution is -0.145. The van der Waals surface area contributed by atoms with Gasteiger partial charge in [-0.15, -0.1) is 0 Å². The summed E-state index contributed by atoms with van der Waals surface area (Å²) in [5.41, 5.74) is 1.01. The maximum absolute atomic E-state index is 12.0. The fourth-order valence-electron chi connectivity index (χ4n) is 2.48. The van der Waals surface area contributed by atoms with E-state index >= 15 is 0 Å². The van der Waals surface area contributed by atoms with Crippen LogP contribution in [0.2, 0.25) is 0 Å². The van der Waals surface area contributed by atoms with E-state index in [1.54, 1.807) is 24.3 Å². The predicted molar refractivity (Wildman–Crippen MR) is 78.5 cm³/mol. The molecule has 6 nitrogen and oxygen atoms in total. The standard InChI is InChI=1S/C16H18N2O4/c19-14(17-12-5-6-12)9-1-3-10(4-2-9)15(20)18-13-7-11(8-13)16(21)22/h1-4,11-13H,5-8H2,(H,17,19)(H,18,20)(H,21,22). The Bertz CT molecular complexity index is 601. The quantitative estimate of drug-likeness (QED) is 0.761. The minimum absolute atomic E-state index is 0.0774. The summed E-state index contributed by atoms with van der Waals surface area (Å²) in [5.74, 6) is -1.50. The molecule has 1 aromatic rings. The average Bonchev–Trinajstić information content (AvgIpc) is 3.25. The van der Waals surface area contributed by atoms with E-state index in [4.69, 9.17) is 5.11 Å². The van der Waals surface area contributed by atoms with Crippen molar-refractivity contribution < 1.29 is 19.5 Å². The van der Waals surface area contributed by atoms with Gasteiger partial charge in [-0.3, -0.25) is 14.4 Å². The van der Waals surface area contributed by atoms with Crippen LogP contribution in [0, 0.1) is 5.92 Å². The highest BCUT2D eigenvalue weighted by atomic mass is 16.4. The number of carboxylic acid groups (broad SMARTS) is 1. The first-order chi connectivity index (χ1) is 10.5. The Labute approximate surface area is 127 Å². The second-order valence-corrected chi connectivity index (χ2v) is 6.00. The summed E-state index contributed by atoms with van der Waals surface area (Å²) >= 11 is 0. The summed E-state index contributed by atoms with van der Waals surface area (Å²) in [7, 11) is 0. The van der Waals surface area contributed by atoms with Gasteiger partial charge in [-0.05, 0) is 49.9 Å². The smallest absolute Gasteiger partial charge is 0.306 e. The van der Waals surface area contributed by atoms with Gasteiger partial charge in [-0.1, -0.05) is 0 Å². The lowest BCUT2D eigenvalue weighted by Gasteiger charge is -2.32. The first-order valence-electron chi connectivity index (χ1n) is 7.47. The van der Waals surface area contributed by atoms with E-state index in [9.17, 15) is 14.4 Å². The molecule has 0 atom stereocenters. The fraction of sp³-hybridized carbons (Fsp3) is 0.438. The largest absolute Gasteiger partial charge is 0.481 e. The summed E-state index contributed by atoms with van der Waals surface area (Å²) in [6.45, 7) is 0. The Balaban J connectivity index is 1.52. The van der Waals surface area contributed by atoms with Crippen LogP contribution in [0.4, 0.5) is 0 Å². The molecule has 0 bridgehead atoms. The first kappa shape index (κ1) is 14.6. The summed E-state index contributed by atoms with van der Waals surface area (Å²) in [6.07, 6.45) is 3.02. The summed E-state index contributed by atoms with van der Waals surface area (Å²) < 4.78 is 0. The number of carboxylic acids is 1. The van der Waals surface area contributed by atoms with Crippen molar-refractivity contribution in [3.8, 4) is 0 Å². The zero-order chi connectivity index (χ0) is 15.7. The molecule has 116 valence electrons. The number of hydrogen-bond acceptors (Lipinski definition) is 3. The zero-order valence-electron chi connectivity index (χ0n) is 12.0. The van der Waals surface area contributed by atoms with Crippen molar-refractivity contribution >= 4 is 17.8 Å². The highest BCUT2D eigenvalue weighted by Gasteiger charge is 2.35. The molecule has 0 aliphatic heterocycles. The Kier molecular flexibility index (Phi) is 3.83. The van der Waals surface area contributed by atoms with E-state index in [1.165, 1.54) is 0 Å². The first-order valence-corrected chi connectivity index (χ1v) is 7.47. The maximum Gasteiger partial charge on any atom is 0.306 e. The number of carbonyl (C=O) groups is 3. The topological polar surface area (TPSA) is 95.5 Å². The third-order valence-electron chi connectivity index (χ3n) is 4.14. The van der Waals surface area contributed by atoms with Gasteiger partial charge in [0.1, 0.15) is 0 Å². The summed E-state index contributed by atoms with van der Waals surface area (Å²) in [6, 6.07) is 6.72. The van der Waals surface area contributed by atoms with E-state index in [0.717, 1.165) is 12.8 Å². The number of benzene rings is 1. The van der Waals surface area contributed by atoms with Gasteiger partial charge < -0.3 is 15.7 Å². The number of amides is 2. The van der Waals surface area contributed by atoms with E-state index in [1.807, 2.05) is 0 Å². The van der Waals surface area contributed by atoms with Gasteiger partial charge in [0.05, 0.1) is 5.92 Å². The van der Waals surface area contributed by atoms with Crippen LogP contribution < -0.4 is 10.6 Å². The maximum atomic E-state index is 12.0. The van der Waals surface area contributed by atoms with Crippen LogP contribution in [0.15, 0.2) is 24.3 Å². The van der Waals surface area contributed by atoms with Crippen molar-refractivity contribution in [2.45, 2.75) is 37.8 Å². The Morgan fingerprint density at radius 2 is 1.32 bits per heavy atom. The molecule has 2 fully saturated rings. The molecule has 0 aromatic heterocycles. The third-order valence-corrected chi connectivity index (χ3v) is 4.14. The molecule has 2 aliphatic rings. The molecule has 3 rings (SSSR count). The van der Waals surface area contributed by atoms with Gasteiger partial charge in [0.15, 0.2) is 0 Å². The number of hydrogen-bond donors (Lipinski definition) is 3. The molecule has 3 N–H and O–H groups in total. The number of rotatable bonds is 5. The van der Waals surface area contributed by atoms with Gasteiger partial charge in [-0.2, -0.15) is 0 Å². The Hall–Kier alpha value is -2.37. The molecule has 2 amide bonds. The molecule has 0 radical (unpaired) electrons. The fourth-order valence-corrected chi connectivity index (χ4v) is 2.48.